The largest absolute Gasteiger partial charge is 0.478 e. The molecule has 0 unspecified atom stereocenters. The first kappa shape index (κ1) is 25.4. The van der Waals surface area contributed by atoms with Gasteiger partial charge in [0.1, 0.15) is 5.75 Å². The van der Waals surface area contributed by atoms with Gasteiger partial charge >= 0.3 is 12.1 Å². The Morgan fingerprint density at radius 1 is 1.05 bits per heavy atom. The molecule has 0 spiro atoms. The Hall–Kier alpha value is -4.25. The van der Waals surface area contributed by atoms with E-state index in [1.165, 1.54) is 17.7 Å². The normalized spacial score (nSPS) is 13.9. The number of likely N-dealkylation sites (tertiary alicyclic amines) is 1. The van der Waals surface area contributed by atoms with Crippen LogP contribution in [-0.4, -0.2) is 65.6 Å². The zero-order chi connectivity index (χ0) is 26.5. The van der Waals surface area contributed by atoms with Crippen LogP contribution in [-0.2, 0) is 6.42 Å². The van der Waals surface area contributed by atoms with Crippen LogP contribution >= 0.6 is 11.8 Å². The van der Waals surface area contributed by atoms with E-state index in [0.29, 0.717) is 29.7 Å². The summed E-state index contributed by atoms with van der Waals surface area (Å²) in [5, 5.41) is 21.9. The fourth-order valence-corrected chi connectivity index (χ4v) is 5.28. The van der Waals surface area contributed by atoms with Crippen molar-refractivity contribution >= 4 is 23.8 Å². The van der Waals surface area contributed by atoms with Crippen LogP contribution in [0.3, 0.4) is 0 Å². The highest BCUT2D eigenvalue weighted by atomic mass is 32.2. The number of carbonyl (C=O) groups excluding carboxylic acids is 1. The number of carbonyl (C=O) groups is 2. The molecule has 4 aromatic rings. The predicted molar refractivity (Wildman–Crippen MR) is 141 cm³/mol. The first-order valence-corrected chi connectivity index (χ1v) is 13.1. The van der Waals surface area contributed by atoms with Crippen molar-refractivity contribution in [3.8, 4) is 11.4 Å². The molecule has 1 fully saturated rings. The Bertz CT molecular complexity index is 1420. The highest BCUT2D eigenvalue weighted by Gasteiger charge is 2.26. The van der Waals surface area contributed by atoms with Gasteiger partial charge in [0.15, 0.2) is 0 Å². The van der Waals surface area contributed by atoms with Crippen LogP contribution in [0.1, 0.15) is 40.0 Å². The van der Waals surface area contributed by atoms with Gasteiger partial charge in [-0.15, -0.1) is 5.10 Å². The van der Waals surface area contributed by atoms with E-state index in [4.69, 9.17) is 9.84 Å². The van der Waals surface area contributed by atoms with Gasteiger partial charge in [0.25, 0.3) is 0 Å². The molecule has 38 heavy (non-hydrogen) atoms. The number of nitrogens with zero attached hydrogens (tertiary/aromatic N) is 6. The maximum absolute atomic E-state index is 12.7. The fourth-order valence-electron chi connectivity index (χ4n) is 4.21. The van der Waals surface area contributed by atoms with Gasteiger partial charge in [0.05, 0.1) is 11.3 Å². The lowest BCUT2D eigenvalue weighted by Gasteiger charge is -2.30. The molecule has 10 nitrogen and oxygen atoms in total. The summed E-state index contributed by atoms with van der Waals surface area (Å²) in [4.78, 5) is 29.9. The number of aromatic nitrogens is 5. The van der Waals surface area contributed by atoms with Crippen molar-refractivity contribution < 1.29 is 19.4 Å². The lowest BCUT2D eigenvalue weighted by molar-refractivity contribution is 0.0696. The van der Waals surface area contributed by atoms with Crippen LogP contribution in [0.25, 0.3) is 5.69 Å². The number of pyridine rings is 1. The minimum Gasteiger partial charge on any atom is -0.478 e. The number of piperidine rings is 1. The second-order valence-corrected chi connectivity index (χ2v) is 10.3. The molecular formula is C27H26N6O4S. The van der Waals surface area contributed by atoms with Crippen molar-refractivity contribution in [2.45, 2.75) is 36.6 Å². The minimum atomic E-state index is -0.985. The third-order valence-electron chi connectivity index (χ3n) is 6.26. The van der Waals surface area contributed by atoms with Gasteiger partial charge < -0.3 is 14.7 Å². The number of tetrazole rings is 1. The summed E-state index contributed by atoms with van der Waals surface area (Å²) in [6.45, 7) is 3.19. The number of thioether (sulfide) groups is 1. The summed E-state index contributed by atoms with van der Waals surface area (Å²) in [5.74, 6) is -0.471. The lowest BCUT2D eigenvalue weighted by Crippen LogP contribution is -2.41. The fraction of sp³-hybridized carbons (Fsp3) is 0.259. The molecule has 1 saturated heterocycles. The SMILES string of the molecule is Cc1ccnc(Cc2ccc(OC(=O)N3CCC(Sc4nnnn4-c4ccc(C(=O)O)cc4)CC3)cc2)c1. The van der Waals surface area contributed by atoms with Crippen molar-refractivity contribution in [3.63, 3.8) is 0 Å². The molecule has 1 N–H and O–H groups in total. The Kier molecular flexibility index (Phi) is 7.64. The van der Waals surface area contributed by atoms with Gasteiger partial charge in [0.2, 0.25) is 5.16 Å². The average molecular weight is 531 g/mol. The van der Waals surface area contributed by atoms with Gasteiger partial charge in [-0.05, 0) is 89.8 Å². The highest BCUT2D eigenvalue weighted by molar-refractivity contribution is 7.99. The Morgan fingerprint density at radius 2 is 1.79 bits per heavy atom. The molecule has 5 rings (SSSR count). The Balaban J connectivity index is 1.12. The van der Waals surface area contributed by atoms with E-state index in [-0.39, 0.29) is 16.9 Å². The number of carboxylic acid groups (broad SMARTS) is 1. The number of ether oxygens (including phenoxy) is 1. The summed E-state index contributed by atoms with van der Waals surface area (Å²) < 4.78 is 7.20. The van der Waals surface area contributed by atoms with Crippen LogP contribution in [0.5, 0.6) is 5.75 Å². The second-order valence-electron chi connectivity index (χ2n) is 9.04. The minimum absolute atomic E-state index is 0.200. The molecule has 0 atom stereocenters. The molecular weight excluding hydrogens is 504 g/mol. The van der Waals surface area contributed by atoms with Crippen LogP contribution in [0.15, 0.2) is 72.0 Å². The van der Waals surface area contributed by atoms with Crippen molar-refractivity contribution in [2.24, 2.45) is 0 Å². The summed E-state index contributed by atoms with van der Waals surface area (Å²) in [6.07, 6.45) is 3.72. The Labute approximate surface area is 223 Å². The number of carboxylic acids is 1. The van der Waals surface area contributed by atoms with Gasteiger partial charge in [-0.25, -0.2) is 9.59 Å². The number of hydrogen-bond acceptors (Lipinski definition) is 8. The van der Waals surface area contributed by atoms with Crippen molar-refractivity contribution in [1.29, 1.82) is 0 Å². The third kappa shape index (κ3) is 6.17. The number of aryl methyl sites for hydroxylation is 1. The van der Waals surface area contributed by atoms with Crippen LogP contribution < -0.4 is 4.74 Å². The quantitative estimate of drug-likeness (QED) is 0.370. The summed E-state index contributed by atoms with van der Waals surface area (Å²) in [7, 11) is 0. The monoisotopic (exact) mass is 530 g/mol. The molecule has 0 saturated carbocycles. The molecule has 2 aromatic carbocycles. The molecule has 0 radical (unpaired) electrons. The second kappa shape index (κ2) is 11.4. The third-order valence-corrected chi connectivity index (χ3v) is 7.53. The number of rotatable bonds is 7. The molecule has 0 bridgehead atoms. The van der Waals surface area contributed by atoms with E-state index in [9.17, 15) is 9.59 Å². The highest BCUT2D eigenvalue weighted by Crippen LogP contribution is 2.30. The molecule has 0 aliphatic carbocycles. The summed E-state index contributed by atoms with van der Waals surface area (Å²) in [5.41, 5.74) is 4.16. The predicted octanol–water partition coefficient (Wildman–Crippen LogP) is 4.41. The average Bonchev–Trinajstić information content (AvgIpc) is 3.38. The van der Waals surface area contributed by atoms with Crippen molar-refractivity contribution in [2.75, 3.05) is 13.1 Å². The zero-order valence-electron chi connectivity index (χ0n) is 20.7. The number of amides is 1. The molecule has 1 aliphatic heterocycles. The maximum Gasteiger partial charge on any atom is 0.415 e. The van der Waals surface area contributed by atoms with Crippen LogP contribution in [0.2, 0.25) is 0 Å². The van der Waals surface area contributed by atoms with Crippen molar-refractivity contribution in [3.05, 3.63) is 89.2 Å². The van der Waals surface area contributed by atoms with Gasteiger partial charge in [-0.3, -0.25) is 4.98 Å². The van der Waals surface area contributed by atoms with Crippen LogP contribution in [0.4, 0.5) is 4.79 Å². The van der Waals surface area contributed by atoms with E-state index in [1.54, 1.807) is 33.5 Å². The number of aromatic carboxylic acids is 1. The molecule has 194 valence electrons. The first-order chi connectivity index (χ1) is 18.4. The topological polar surface area (TPSA) is 123 Å². The molecule has 1 amide bonds. The van der Waals surface area contributed by atoms with E-state index in [1.807, 2.05) is 43.5 Å². The number of benzene rings is 2. The summed E-state index contributed by atoms with van der Waals surface area (Å²) in [6, 6.07) is 18.0. The lowest BCUT2D eigenvalue weighted by atomic mass is 10.1. The van der Waals surface area contributed by atoms with Gasteiger partial charge in [0, 0.05) is 36.7 Å². The van der Waals surface area contributed by atoms with E-state index in [2.05, 4.69) is 26.6 Å². The maximum atomic E-state index is 12.7. The smallest absolute Gasteiger partial charge is 0.415 e. The van der Waals surface area contributed by atoms with Gasteiger partial charge in [-0.2, -0.15) is 4.68 Å². The summed E-state index contributed by atoms with van der Waals surface area (Å²) >= 11 is 1.55. The number of hydrogen-bond donors (Lipinski definition) is 1. The molecule has 1 aliphatic rings. The first-order valence-electron chi connectivity index (χ1n) is 12.2. The molecule has 11 heteroatoms. The van der Waals surface area contributed by atoms with Crippen molar-refractivity contribution in [1.82, 2.24) is 30.1 Å². The molecule has 2 aromatic heterocycles. The van der Waals surface area contributed by atoms with E-state index in [0.717, 1.165) is 30.5 Å². The van der Waals surface area contributed by atoms with Crippen LogP contribution in [0, 0.1) is 6.92 Å². The zero-order valence-corrected chi connectivity index (χ0v) is 21.5. The van der Waals surface area contributed by atoms with Gasteiger partial charge in [-0.1, -0.05) is 23.9 Å². The van der Waals surface area contributed by atoms with E-state index < -0.39 is 5.97 Å². The molecule has 3 heterocycles. The van der Waals surface area contributed by atoms with E-state index >= 15 is 0 Å². The Morgan fingerprint density at radius 3 is 2.47 bits per heavy atom. The standard InChI is InChI=1S/C27H26N6O4S/c1-18-10-13-28-21(16-18)17-19-2-8-23(9-3-19)37-27(36)32-14-11-24(12-15-32)38-26-29-30-31-33(26)22-6-4-20(5-7-22)25(34)35/h2-10,13,16,24H,11-12,14-15,17H2,1H3,(H,34,35).